The third-order valence-electron chi connectivity index (χ3n) is 2.75. The molecule has 0 atom stereocenters. The first-order valence-corrected chi connectivity index (χ1v) is 9.78. The van der Waals surface area contributed by atoms with Gasteiger partial charge in [-0.25, -0.2) is 0 Å². The quantitative estimate of drug-likeness (QED) is 0.362. The van der Waals surface area contributed by atoms with Gasteiger partial charge in [-0.1, -0.05) is 64.1 Å². The first-order chi connectivity index (χ1) is 15.2. The number of allylic oxidation sites excluding steroid dienone is 2. The van der Waals surface area contributed by atoms with Crippen molar-refractivity contribution in [2.75, 3.05) is 23.8 Å². The molecule has 0 spiro atoms. The SMILES string of the molecule is C/C([O-])=C/C(=O)Nc1ccccc1.C/C([O-])=C/C(=O)Nc1ccccc1.CC[O-].CC[O-].[Ti]. The fraction of sp³-hybridized carbons (Fsp3) is 0.250. The number of hydrogen-bond acceptors (Lipinski definition) is 6. The number of amides is 2. The van der Waals surface area contributed by atoms with Gasteiger partial charge in [-0.05, 0) is 36.4 Å². The van der Waals surface area contributed by atoms with Crippen molar-refractivity contribution in [3.63, 3.8) is 0 Å². The first-order valence-electron chi connectivity index (χ1n) is 9.78. The summed E-state index contributed by atoms with van der Waals surface area (Å²) in [5, 5.41) is 44.0. The summed E-state index contributed by atoms with van der Waals surface area (Å²) in [6, 6.07) is 18.0. The molecule has 0 aliphatic heterocycles. The Labute approximate surface area is 210 Å². The van der Waals surface area contributed by atoms with Gasteiger partial charge in [-0.15, -0.1) is 24.7 Å². The van der Waals surface area contributed by atoms with Crippen molar-refractivity contribution in [2.45, 2.75) is 27.7 Å². The Morgan fingerprint density at radius 2 is 0.939 bits per heavy atom. The van der Waals surface area contributed by atoms with Crippen LogP contribution in [0.15, 0.2) is 84.3 Å². The number of hydrogen-bond donors (Lipinski definition) is 2. The van der Waals surface area contributed by atoms with Crippen molar-refractivity contribution >= 4 is 23.2 Å². The van der Waals surface area contributed by atoms with Gasteiger partial charge in [0.25, 0.3) is 0 Å². The zero-order valence-corrected chi connectivity index (χ0v) is 20.9. The van der Waals surface area contributed by atoms with Crippen LogP contribution in [0.2, 0.25) is 0 Å². The number of benzene rings is 2. The van der Waals surface area contributed by atoms with Gasteiger partial charge in [0.1, 0.15) is 0 Å². The van der Waals surface area contributed by atoms with Gasteiger partial charge in [0.05, 0.1) is 0 Å². The van der Waals surface area contributed by atoms with Gasteiger partial charge in [0.2, 0.25) is 11.8 Å². The number of rotatable bonds is 4. The smallest absolute Gasteiger partial charge is 0.247 e. The molecule has 0 unspecified atom stereocenters. The van der Waals surface area contributed by atoms with E-state index in [1.54, 1.807) is 38.1 Å². The second kappa shape index (κ2) is 23.8. The van der Waals surface area contributed by atoms with E-state index >= 15 is 0 Å². The molecular weight excluding hydrogens is 460 g/mol. The van der Waals surface area contributed by atoms with Crippen molar-refractivity contribution in [2.24, 2.45) is 0 Å². The van der Waals surface area contributed by atoms with Crippen LogP contribution in [-0.4, -0.2) is 25.0 Å². The van der Waals surface area contributed by atoms with E-state index in [1.807, 2.05) is 36.4 Å². The van der Waals surface area contributed by atoms with Crippen LogP contribution in [0.4, 0.5) is 11.4 Å². The van der Waals surface area contributed by atoms with Crippen molar-refractivity contribution in [1.29, 1.82) is 0 Å². The van der Waals surface area contributed by atoms with Crippen molar-refractivity contribution in [1.82, 2.24) is 0 Å². The molecule has 0 heterocycles. The van der Waals surface area contributed by atoms with Gasteiger partial charge in [0, 0.05) is 33.1 Å². The molecule has 0 saturated heterocycles. The molecule has 8 nitrogen and oxygen atoms in total. The second-order valence-electron chi connectivity index (χ2n) is 5.80. The summed E-state index contributed by atoms with van der Waals surface area (Å²) < 4.78 is 0. The zero-order chi connectivity index (χ0) is 24.8. The minimum absolute atomic E-state index is 0. The summed E-state index contributed by atoms with van der Waals surface area (Å²) in [6.45, 7) is 5.81. The topological polar surface area (TPSA) is 150 Å². The van der Waals surface area contributed by atoms with E-state index in [9.17, 15) is 19.8 Å². The maximum atomic E-state index is 11.0. The minimum Gasteiger partial charge on any atom is -0.875 e. The van der Waals surface area contributed by atoms with Gasteiger partial charge in [0.15, 0.2) is 0 Å². The maximum Gasteiger partial charge on any atom is 0.247 e. The van der Waals surface area contributed by atoms with Crippen LogP contribution < -0.4 is 31.1 Å². The molecule has 180 valence electrons. The van der Waals surface area contributed by atoms with E-state index < -0.39 is 11.8 Å². The van der Waals surface area contributed by atoms with Crippen LogP contribution in [0.3, 0.4) is 0 Å². The molecule has 2 aromatic carbocycles. The van der Waals surface area contributed by atoms with E-state index in [-0.39, 0.29) is 46.4 Å². The third kappa shape index (κ3) is 25.2. The van der Waals surface area contributed by atoms with Crippen LogP contribution >= 0.6 is 0 Å². The van der Waals surface area contributed by atoms with Crippen LogP contribution in [0.5, 0.6) is 0 Å². The third-order valence-corrected chi connectivity index (χ3v) is 2.75. The van der Waals surface area contributed by atoms with Crippen molar-refractivity contribution in [3.05, 3.63) is 84.3 Å². The molecule has 0 bridgehead atoms. The molecule has 0 aliphatic carbocycles. The Morgan fingerprint density at radius 3 is 1.15 bits per heavy atom. The van der Waals surface area contributed by atoms with E-state index in [0.717, 1.165) is 12.2 Å². The van der Waals surface area contributed by atoms with E-state index in [1.165, 1.54) is 13.8 Å². The molecule has 0 aliphatic rings. The molecule has 0 saturated carbocycles. The first kappa shape index (κ1) is 34.7. The number of nitrogens with one attached hydrogen (secondary N) is 2. The standard InChI is InChI=1S/2C10H11NO2.2C2H5O.Ti/c2*1-8(12)7-10(13)11-9-5-3-2-4-6-9;2*1-2-3;/h2*2-7,12H,1H3,(H,11,13);2*2H2,1H3;/q;;2*-1;/p-2/b2*8-7-;;;. The average Bonchev–Trinajstić information content (AvgIpc) is 2.70. The van der Waals surface area contributed by atoms with Crippen LogP contribution in [0, 0.1) is 0 Å². The van der Waals surface area contributed by atoms with E-state index in [0.29, 0.717) is 11.4 Å². The predicted molar refractivity (Wildman–Crippen MR) is 119 cm³/mol. The van der Waals surface area contributed by atoms with Crippen LogP contribution in [-0.2, 0) is 31.3 Å². The van der Waals surface area contributed by atoms with Gasteiger partial charge in [-0.3, -0.25) is 9.59 Å². The largest absolute Gasteiger partial charge is 0.875 e. The maximum absolute atomic E-state index is 11.0. The van der Waals surface area contributed by atoms with E-state index in [4.69, 9.17) is 10.2 Å². The normalized spacial score (nSPS) is 9.76. The Kier molecular flexibility index (Phi) is 25.0. The molecule has 0 fully saturated rings. The molecule has 2 rings (SSSR count). The molecular formula is C24H30N2O6Ti-4. The summed E-state index contributed by atoms with van der Waals surface area (Å²) in [7, 11) is 0. The van der Waals surface area contributed by atoms with Crippen LogP contribution in [0.25, 0.3) is 0 Å². The van der Waals surface area contributed by atoms with Gasteiger partial charge in [-0.2, -0.15) is 0 Å². The summed E-state index contributed by atoms with van der Waals surface area (Å²) in [4.78, 5) is 22.1. The fourth-order valence-corrected chi connectivity index (χ4v) is 1.77. The van der Waals surface area contributed by atoms with Crippen molar-refractivity contribution < 1.29 is 51.7 Å². The minimum atomic E-state index is -0.390. The zero-order valence-electron chi connectivity index (χ0n) is 19.3. The summed E-state index contributed by atoms with van der Waals surface area (Å²) in [5.74, 6) is -1.29. The van der Waals surface area contributed by atoms with Crippen molar-refractivity contribution in [3.8, 4) is 0 Å². The summed E-state index contributed by atoms with van der Waals surface area (Å²) in [6.07, 6.45) is 2.04. The molecule has 0 radical (unpaired) electrons. The Hall–Kier alpha value is -2.91. The number of carbonyl (C=O) groups excluding carboxylic acids is 2. The molecule has 2 N–H and O–H groups in total. The average molecular weight is 490 g/mol. The Balaban J connectivity index is -0.000000430. The predicted octanol–water partition coefficient (Wildman–Crippen LogP) is 0.509. The molecule has 9 heteroatoms. The molecule has 2 amide bonds. The Bertz CT molecular complexity index is 735. The van der Waals surface area contributed by atoms with Gasteiger partial charge < -0.3 is 31.1 Å². The van der Waals surface area contributed by atoms with E-state index in [2.05, 4.69) is 10.6 Å². The monoisotopic (exact) mass is 490 g/mol. The number of para-hydroxylation sites is 2. The Morgan fingerprint density at radius 1 is 0.697 bits per heavy atom. The molecule has 33 heavy (non-hydrogen) atoms. The number of anilines is 2. The van der Waals surface area contributed by atoms with Gasteiger partial charge >= 0.3 is 0 Å². The second-order valence-corrected chi connectivity index (χ2v) is 5.80. The fourth-order valence-electron chi connectivity index (χ4n) is 1.77. The summed E-state index contributed by atoms with van der Waals surface area (Å²) in [5.41, 5.74) is 1.37. The molecule has 2 aromatic rings. The molecule has 0 aromatic heterocycles. The number of carbonyl (C=O) groups is 2. The summed E-state index contributed by atoms with van der Waals surface area (Å²) >= 11 is 0. The van der Waals surface area contributed by atoms with Crippen LogP contribution in [0.1, 0.15) is 27.7 Å².